The molecule has 0 aromatic heterocycles. The number of rotatable bonds is 2. The van der Waals surface area contributed by atoms with Crippen LogP contribution < -0.4 is 5.43 Å². The van der Waals surface area contributed by atoms with E-state index in [-0.39, 0.29) is 5.88 Å². The van der Waals surface area contributed by atoms with Crippen LogP contribution in [0.15, 0.2) is 36.4 Å². The molecule has 2 aromatic rings. The summed E-state index contributed by atoms with van der Waals surface area (Å²) in [6.07, 6.45) is 0. The van der Waals surface area contributed by atoms with Crippen LogP contribution >= 0.6 is 11.6 Å². The van der Waals surface area contributed by atoms with Crippen molar-refractivity contribution in [3.63, 3.8) is 0 Å². The molecular weight excluding hydrogens is 280 g/mol. The Labute approximate surface area is 119 Å². The Morgan fingerprint density at radius 1 is 1.05 bits per heavy atom. The highest BCUT2D eigenvalue weighted by Crippen LogP contribution is 2.29. The number of alkyl halides is 1. The Kier molecular flexibility index (Phi) is 2.91. The van der Waals surface area contributed by atoms with Gasteiger partial charge in [-0.25, -0.2) is 0 Å². The quantitative estimate of drug-likeness (QED) is 0.676. The fraction of sp³-hybridized carbons (Fsp3) is 0.0714. The van der Waals surface area contributed by atoms with Crippen LogP contribution in [-0.4, -0.2) is 28.6 Å². The van der Waals surface area contributed by atoms with Gasteiger partial charge in [-0.2, -0.15) is 5.01 Å². The molecule has 0 fully saturated rings. The zero-order valence-electron chi connectivity index (χ0n) is 10.2. The standard InChI is InChI=1S/C14H9ClN2O3/c15-7-11(18)16-17-13(19)9-5-1-3-8-4-2-6-10(12(8)9)14(17)20/h1-6H,7H2,(H,16,18). The minimum atomic E-state index is -0.611. The van der Waals surface area contributed by atoms with Crippen molar-refractivity contribution in [1.29, 1.82) is 0 Å². The average Bonchev–Trinajstić information content (AvgIpc) is 2.48. The van der Waals surface area contributed by atoms with Crippen LogP contribution in [0.1, 0.15) is 20.7 Å². The molecule has 0 saturated carbocycles. The van der Waals surface area contributed by atoms with Crippen LogP contribution in [0.2, 0.25) is 0 Å². The molecule has 6 heteroatoms. The Bertz CT molecular complexity index is 706. The Morgan fingerprint density at radius 2 is 1.60 bits per heavy atom. The number of hydrogen-bond acceptors (Lipinski definition) is 3. The van der Waals surface area contributed by atoms with Crippen molar-refractivity contribution in [3.05, 3.63) is 47.5 Å². The first kappa shape index (κ1) is 12.6. The summed E-state index contributed by atoms with van der Waals surface area (Å²) >= 11 is 5.39. The molecule has 100 valence electrons. The van der Waals surface area contributed by atoms with Crippen LogP contribution in [0.25, 0.3) is 10.8 Å². The molecule has 0 radical (unpaired) electrons. The number of hydrogen-bond donors (Lipinski definition) is 1. The van der Waals surface area contributed by atoms with Gasteiger partial charge in [-0.05, 0) is 17.5 Å². The van der Waals surface area contributed by atoms with Crippen LogP contribution in [0, 0.1) is 0 Å². The van der Waals surface area contributed by atoms with E-state index >= 15 is 0 Å². The molecule has 1 aliphatic heterocycles. The second kappa shape index (κ2) is 4.61. The van der Waals surface area contributed by atoms with Gasteiger partial charge in [0.15, 0.2) is 0 Å². The van der Waals surface area contributed by atoms with Gasteiger partial charge in [-0.15, -0.1) is 11.6 Å². The minimum absolute atomic E-state index is 0.330. The molecule has 1 N–H and O–H groups in total. The predicted molar refractivity (Wildman–Crippen MR) is 73.3 cm³/mol. The number of hydrazine groups is 1. The highest BCUT2D eigenvalue weighted by Gasteiger charge is 2.33. The van der Waals surface area contributed by atoms with E-state index in [1.165, 1.54) is 0 Å². The molecule has 0 saturated heterocycles. The second-order valence-electron chi connectivity index (χ2n) is 4.32. The summed E-state index contributed by atoms with van der Waals surface area (Å²) in [5.41, 5.74) is 2.98. The van der Waals surface area contributed by atoms with Crippen LogP contribution in [0.5, 0.6) is 0 Å². The number of carbonyl (C=O) groups is 3. The first-order valence-corrected chi connectivity index (χ1v) is 6.43. The lowest BCUT2D eigenvalue weighted by atomic mass is 9.95. The molecule has 1 aliphatic rings. The second-order valence-corrected chi connectivity index (χ2v) is 4.59. The highest BCUT2D eigenvalue weighted by atomic mass is 35.5. The Hall–Kier alpha value is -2.40. The fourth-order valence-corrected chi connectivity index (χ4v) is 2.35. The first-order valence-electron chi connectivity index (χ1n) is 5.89. The lowest BCUT2D eigenvalue weighted by Crippen LogP contribution is -2.52. The van der Waals surface area contributed by atoms with Crippen LogP contribution in [-0.2, 0) is 4.79 Å². The molecule has 0 spiro atoms. The van der Waals surface area contributed by atoms with Crippen LogP contribution in [0.3, 0.4) is 0 Å². The molecule has 1 heterocycles. The summed E-state index contributed by atoms with van der Waals surface area (Å²) in [6.45, 7) is 0. The first-order chi connectivity index (χ1) is 9.63. The molecule has 0 unspecified atom stereocenters. The lowest BCUT2D eigenvalue weighted by molar-refractivity contribution is -0.121. The third-order valence-corrected chi connectivity index (χ3v) is 3.37. The van der Waals surface area contributed by atoms with E-state index in [1.54, 1.807) is 24.3 Å². The van der Waals surface area contributed by atoms with Gasteiger partial charge < -0.3 is 0 Å². The number of nitrogens with zero attached hydrogens (tertiary/aromatic N) is 1. The van der Waals surface area contributed by atoms with Crippen LogP contribution in [0.4, 0.5) is 0 Å². The van der Waals surface area contributed by atoms with Crippen molar-refractivity contribution < 1.29 is 14.4 Å². The Balaban J connectivity index is 2.19. The van der Waals surface area contributed by atoms with Gasteiger partial charge in [-0.1, -0.05) is 24.3 Å². The van der Waals surface area contributed by atoms with E-state index < -0.39 is 17.7 Å². The predicted octanol–water partition coefficient (Wildman–Crippen LogP) is 1.71. The third kappa shape index (κ3) is 1.75. The van der Waals surface area contributed by atoms with Crippen molar-refractivity contribution >= 4 is 40.1 Å². The molecule has 5 nitrogen and oxygen atoms in total. The maximum Gasteiger partial charge on any atom is 0.280 e. The third-order valence-electron chi connectivity index (χ3n) is 3.13. The Morgan fingerprint density at radius 3 is 2.10 bits per heavy atom. The number of halogens is 1. The topological polar surface area (TPSA) is 66.5 Å². The summed E-state index contributed by atoms with van der Waals surface area (Å²) in [5.74, 6) is -2.06. The number of nitrogens with one attached hydrogen (secondary N) is 1. The number of carbonyl (C=O) groups excluding carboxylic acids is 3. The summed E-state index contributed by atoms with van der Waals surface area (Å²) in [6, 6.07) is 10.4. The smallest absolute Gasteiger partial charge is 0.272 e. The van der Waals surface area contributed by atoms with Gasteiger partial charge in [0, 0.05) is 5.39 Å². The molecular formula is C14H9ClN2O3. The minimum Gasteiger partial charge on any atom is -0.272 e. The zero-order chi connectivity index (χ0) is 14.3. The lowest BCUT2D eigenvalue weighted by Gasteiger charge is -2.26. The summed E-state index contributed by atoms with van der Waals surface area (Å²) < 4.78 is 0. The number of amides is 3. The van der Waals surface area contributed by atoms with E-state index in [4.69, 9.17) is 11.6 Å². The van der Waals surface area contributed by atoms with Crippen molar-refractivity contribution in [1.82, 2.24) is 10.4 Å². The highest BCUT2D eigenvalue weighted by molar-refractivity contribution is 6.29. The van der Waals surface area contributed by atoms with E-state index in [2.05, 4.69) is 5.43 Å². The maximum absolute atomic E-state index is 12.3. The summed E-state index contributed by atoms with van der Waals surface area (Å²) in [5, 5.41) is 2.13. The summed E-state index contributed by atoms with van der Waals surface area (Å²) in [7, 11) is 0. The molecule has 3 amide bonds. The molecule has 0 bridgehead atoms. The molecule has 0 aliphatic carbocycles. The van der Waals surface area contributed by atoms with Gasteiger partial charge in [-0.3, -0.25) is 19.8 Å². The number of imide groups is 1. The molecule has 0 atom stereocenters. The van der Waals surface area contributed by atoms with Crippen molar-refractivity contribution in [2.75, 3.05) is 5.88 Å². The van der Waals surface area contributed by atoms with Gasteiger partial charge in [0.2, 0.25) is 0 Å². The van der Waals surface area contributed by atoms with Crippen molar-refractivity contribution in [2.24, 2.45) is 0 Å². The van der Waals surface area contributed by atoms with E-state index in [0.29, 0.717) is 21.5 Å². The van der Waals surface area contributed by atoms with Crippen molar-refractivity contribution in [2.45, 2.75) is 0 Å². The molecule has 20 heavy (non-hydrogen) atoms. The average molecular weight is 289 g/mol. The fourth-order valence-electron chi connectivity index (χ4n) is 2.29. The van der Waals surface area contributed by atoms with E-state index in [9.17, 15) is 14.4 Å². The zero-order valence-corrected chi connectivity index (χ0v) is 11.0. The van der Waals surface area contributed by atoms with Gasteiger partial charge in [0.25, 0.3) is 17.7 Å². The van der Waals surface area contributed by atoms with Crippen molar-refractivity contribution in [3.8, 4) is 0 Å². The van der Waals surface area contributed by atoms with Gasteiger partial charge in [0.05, 0.1) is 11.1 Å². The summed E-state index contributed by atoms with van der Waals surface area (Å²) in [4.78, 5) is 36.0. The van der Waals surface area contributed by atoms with Gasteiger partial charge in [0.1, 0.15) is 5.88 Å². The van der Waals surface area contributed by atoms with E-state index in [0.717, 1.165) is 5.39 Å². The largest absolute Gasteiger partial charge is 0.280 e. The van der Waals surface area contributed by atoms with Gasteiger partial charge >= 0.3 is 0 Å². The maximum atomic E-state index is 12.3. The molecule has 3 rings (SSSR count). The van der Waals surface area contributed by atoms with E-state index in [1.807, 2.05) is 12.1 Å². The number of benzene rings is 2. The normalized spacial score (nSPS) is 13.8. The SMILES string of the molecule is O=C(CCl)NN1C(=O)c2cccc3cccc(c23)C1=O. The molecule has 2 aromatic carbocycles. The monoisotopic (exact) mass is 288 g/mol.